The Balaban J connectivity index is 1.26. The molecule has 0 amide bonds. The molecule has 0 radical (unpaired) electrons. The molecular formula is C50H39N. The Morgan fingerprint density at radius 2 is 0.961 bits per heavy atom. The minimum absolute atomic E-state index is 0.107. The molecule has 0 spiro atoms. The molecule has 2 aliphatic carbocycles. The molecule has 0 saturated heterocycles. The fraction of sp³-hybridized carbons (Fsp3) is 0.120. The molecule has 1 heteroatoms. The van der Waals surface area contributed by atoms with Gasteiger partial charge in [0.05, 0.1) is 5.69 Å². The molecule has 0 fully saturated rings. The van der Waals surface area contributed by atoms with Crippen molar-refractivity contribution < 1.29 is 0 Å². The number of benzene rings is 8. The molecule has 0 N–H and O–H groups in total. The van der Waals surface area contributed by atoms with Crippen LogP contribution in [0.2, 0.25) is 0 Å². The zero-order valence-corrected chi connectivity index (χ0v) is 29.5. The SMILES string of the molecule is CC1(C)c2ccccc2-c2ccc(N(c3ccc4c(c3)-c3c(-c5ccccc5)cccc3C4(C)C)c3cc4ccccc4c4ccccc34)cc21. The first-order chi connectivity index (χ1) is 24.8. The van der Waals surface area contributed by atoms with Gasteiger partial charge in [-0.25, -0.2) is 0 Å². The van der Waals surface area contributed by atoms with Gasteiger partial charge in [0.25, 0.3) is 0 Å². The van der Waals surface area contributed by atoms with Gasteiger partial charge < -0.3 is 4.90 Å². The maximum atomic E-state index is 2.52. The fourth-order valence-corrected chi connectivity index (χ4v) is 9.27. The summed E-state index contributed by atoms with van der Waals surface area (Å²) in [6, 6.07) is 61.1. The third-order valence-electron chi connectivity index (χ3n) is 11.8. The van der Waals surface area contributed by atoms with Crippen LogP contribution >= 0.6 is 0 Å². The summed E-state index contributed by atoms with van der Waals surface area (Å²) in [4.78, 5) is 2.52. The summed E-state index contributed by atoms with van der Waals surface area (Å²) in [5.74, 6) is 0. The topological polar surface area (TPSA) is 3.24 Å². The van der Waals surface area contributed by atoms with Crippen LogP contribution in [0.5, 0.6) is 0 Å². The smallest absolute Gasteiger partial charge is 0.0546 e. The first kappa shape index (κ1) is 29.9. The van der Waals surface area contributed by atoms with Gasteiger partial charge in [0.15, 0.2) is 0 Å². The van der Waals surface area contributed by atoms with Crippen molar-refractivity contribution in [3.8, 4) is 33.4 Å². The molecule has 8 aromatic rings. The monoisotopic (exact) mass is 653 g/mol. The maximum absolute atomic E-state index is 2.52. The van der Waals surface area contributed by atoms with Gasteiger partial charge >= 0.3 is 0 Å². The normalized spacial score (nSPS) is 14.6. The van der Waals surface area contributed by atoms with Crippen molar-refractivity contribution >= 4 is 38.6 Å². The Bertz CT molecular complexity index is 2690. The van der Waals surface area contributed by atoms with Crippen LogP contribution in [0.1, 0.15) is 49.9 Å². The summed E-state index contributed by atoms with van der Waals surface area (Å²) in [5.41, 5.74) is 16.7. The minimum atomic E-state index is -0.113. The molecule has 0 bridgehead atoms. The van der Waals surface area contributed by atoms with Crippen LogP contribution in [0.3, 0.4) is 0 Å². The van der Waals surface area contributed by atoms with E-state index in [1.54, 1.807) is 0 Å². The second-order valence-corrected chi connectivity index (χ2v) is 15.3. The highest BCUT2D eigenvalue weighted by atomic mass is 15.1. The van der Waals surface area contributed by atoms with Gasteiger partial charge in [-0.2, -0.15) is 0 Å². The summed E-state index contributed by atoms with van der Waals surface area (Å²) < 4.78 is 0. The Morgan fingerprint density at radius 3 is 1.80 bits per heavy atom. The van der Waals surface area contributed by atoms with Gasteiger partial charge in [0, 0.05) is 27.6 Å². The van der Waals surface area contributed by atoms with Crippen LogP contribution in [-0.2, 0) is 10.8 Å². The van der Waals surface area contributed by atoms with Crippen molar-refractivity contribution in [1.82, 2.24) is 0 Å². The van der Waals surface area contributed by atoms with Crippen molar-refractivity contribution in [2.45, 2.75) is 38.5 Å². The molecule has 0 aromatic heterocycles. The second kappa shape index (κ2) is 10.8. The largest absolute Gasteiger partial charge is 0.310 e. The molecule has 2 aliphatic rings. The van der Waals surface area contributed by atoms with E-state index in [9.17, 15) is 0 Å². The van der Waals surface area contributed by atoms with Crippen molar-refractivity contribution in [2.75, 3.05) is 4.90 Å². The van der Waals surface area contributed by atoms with Crippen molar-refractivity contribution in [1.29, 1.82) is 0 Å². The van der Waals surface area contributed by atoms with Crippen LogP contribution in [0, 0.1) is 0 Å². The summed E-state index contributed by atoms with van der Waals surface area (Å²) in [6.45, 7) is 9.50. The van der Waals surface area contributed by atoms with E-state index in [2.05, 4.69) is 196 Å². The highest BCUT2D eigenvalue weighted by molar-refractivity contribution is 6.14. The average Bonchev–Trinajstić information content (AvgIpc) is 3.54. The van der Waals surface area contributed by atoms with Crippen molar-refractivity contribution in [3.63, 3.8) is 0 Å². The first-order valence-corrected chi connectivity index (χ1v) is 18.1. The third kappa shape index (κ3) is 4.28. The van der Waals surface area contributed by atoms with E-state index in [1.807, 2.05) is 0 Å². The lowest BCUT2D eigenvalue weighted by atomic mass is 9.82. The zero-order chi connectivity index (χ0) is 34.5. The van der Waals surface area contributed by atoms with E-state index < -0.39 is 0 Å². The predicted molar refractivity (Wildman–Crippen MR) is 217 cm³/mol. The van der Waals surface area contributed by atoms with Gasteiger partial charge in [0.1, 0.15) is 0 Å². The molecule has 0 heterocycles. The van der Waals surface area contributed by atoms with Crippen LogP contribution in [0.25, 0.3) is 54.9 Å². The van der Waals surface area contributed by atoms with Crippen LogP contribution < -0.4 is 4.90 Å². The molecule has 51 heavy (non-hydrogen) atoms. The summed E-state index contributed by atoms with van der Waals surface area (Å²) in [6.07, 6.45) is 0. The van der Waals surface area contributed by atoms with Gasteiger partial charge in [-0.1, -0.05) is 161 Å². The Morgan fingerprint density at radius 1 is 0.373 bits per heavy atom. The van der Waals surface area contributed by atoms with E-state index in [4.69, 9.17) is 0 Å². The molecule has 0 atom stereocenters. The lowest BCUT2D eigenvalue weighted by Gasteiger charge is -2.30. The lowest BCUT2D eigenvalue weighted by molar-refractivity contribution is 0.660. The molecular weight excluding hydrogens is 615 g/mol. The Labute approximate surface area is 300 Å². The summed E-state index contributed by atoms with van der Waals surface area (Å²) in [7, 11) is 0. The zero-order valence-electron chi connectivity index (χ0n) is 29.5. The third-order valence-corrected chi connectivity index (χ3v) is 11.8. The minimum Gasteiger partial charge on any atom is -0.310 e. The Hall–Kier alpha value is -5.92. The lowest BCUT2D eigenvalue weighted by Crippen LogP contribution is -2.17. The van der Waals surface area contributed by atoms with Gasteiger partial charge in [-0.05, 0) is 102 Å². The maximum Gasteiger partial charge on any atom is 0.0546 e. The number of fused-ring (bicyclic) bond motifs is 9. The number of nitrogens with zero attached hydrogens (tertiary/aromatic N) is 1. The molecule has 0 aliphatic heterocycles. The van der Waals surface area contributed by atoms with Crippen LogP contribution in [-0.4, -0.2) is 0 Å². The molecule has 1 nitrogen and oxygen atoms in total. The molecule has 10 rings (SSSR count). The van der Waals surface area contributed by atoms with E-state index in [0.29, 0.717) is 0 Å². The van der Waals surface area contributed by atoms with E-state index in [1.165, 1.54) is 88.6 Å². The van der Waals surface area contributed by atoms with Crippen molar-refractivity contribution in [3.05, 3.63) is 186 Å². The summed E-state index contributed by atoms with van der Waals surface area (Å²) in [5, 5.41) is 5.03. The summed E-state index contributed by atoms with van der Waals surface area (Å²) >= 11 is 0. The van der Waals surface area contributed by atoms with E-state index in [0.717, 1.165) is 5.69 Å². The standard InChI is InChI=1S/C50H39N/c1-49(2)44-28-26-34(30-42(44)48-37(22-14-24-45(48)49)32-15-6-5-7-16-32)51(47-29-33-17-8-9-18-36(33)38-19-10-11-21-41(38)47)35-25-27-40-39-20-12-13-23-43(39)50(3,4)46(40)31-35/h5-31H,1-4H3. The second-order valence-electron chi connectivity index (χ2n) is 15.3. The van der Waals surface area contributed by atoms with Crippen LogP contribution in [0.4, 0.5) is 17.1 Å². The predicted octanol–water partition coefficient (Wildman–Crippen LogP) is 13.7. The Kier molecular flexibility index (Phi) is 6.34. The number of hydrogen-bond donors (Lipinski definition) is 0. The fourth-order valence-electron chi connectivity index (χ4n) is 9.27. The quantitative estimate of drug-likeness (QED) is 0.171. The highest BCUT2D eigenvalue weighted by Gasteiger charge is 2.38. The molecule has 244 valence electrons. The number of hydrogen-bond acceptors (Lipinski definition) is 1. The molecule has 0 unspecified atom stereocenters. The number of anilines is 3. The van der Waals surface area contributed by atoms with E-state index in [-0.39, 0.29) is 10.8 Å². The van der Waals surface area contributed by atoms with Crippen molar-refractivity contribution in [2.24, 2.45) is 0 Å². The van der Waals surface area contributed by atoms with E-state index >= 15 is 0 Å². The van der Waals surface area contributed by atoms with Gasteiger partial charge in [0.2, 0.25) is 0 Å². The van der Waals surface area contributed by atoms with Gasteiger partial charge in [-0.15, -0.1) is 0 Å². The highest BCUT2D eigenvalue weighted by Crippen LogP contribution is 2.55. The van der Waals surface area contributed by atoms with Gasteiger partial charge in [-0.3, -0.25) is 0 Å². The first-order valence-electron chi connectivity index (χ1n) is 18.1. The average molecular weight is 654 g/mol. The molecule has 0 saturated carbocycles. The number of rotatable bonds is 4. The molecule has 8 aromatic carbocycles. The van der Waals surface area contributed by atoms with Crippen LogP contribution in [0.15, 0.2) is 164 Å².